The fourth-order valence-electron chi connectivity index (χ4n) is 3.89. The van der Waals surface area contributed by atoms with Crippen LogP contribution in [0.4, 0.5) is 0 Å². The number of hydrogen-bond acceptors (Lipinski definition) is 4. The molecule has 2 atom stereocenters. The van der Waals surface area contributed by atoms with Gasteiger partial charge in [-0.25, -0.2) is 0 Å². The number of rotatable bonds is 6. The second-order valence-corrected chi connectivity index (χ2v) is 6.77. The molecule has 1 saturated heterocycles. The minimum Gasteiger partial charge on any atom is -0.395 e. The van der Waals surface area contributed by atoms with E-state index in [9.17, 15) is 9.90 Å². The van der Waals surface area contributed by atoms with Gasteiger partial charge in [0.15, 0.2) is 0 Å². The average molecular weight is 332 g/mol. The van der Waals surface area contributed by atoms with Crippen molar-refractivity contribution in [2.45, 2.75) is 44.4 Å². The van der Waals surface area contributed by atoms with Gasteiger partial charge in [-0.05, 0) is 18.4 Å². The molecule has 132 valence electrons. The first kappa shape index (κ1) is 17.4. The van der Waals surface area contributed by atoms with Crippen molar-refractivity contribution in [2.24, 2.45) is 0 Å². The van der Waals surface area contributed by atoms with E-state index in [0.29, 0.717) is 32.8 Å². The number of carbonyl (C=O) groups excluding carboxylic acids is 1. The van der Waals surface area contributed by atoms with Crippen LogP contribution in [-0.4, -0.2) is 65.8 Å². The van der Waals surface area contributed by atoms with E-state index in [1.807, 2.05) is 28.0 Å². The van der Waals surface area contributed by atoms with E-state index in [2.05, 4.69) is 12.1 Å². The molecule has 3 rings (SSSR count). The second kappa shape index (κ2) is 8.60. The Morgan fingerprint density at radius 1 is 1.25 bits per heavy atom. The SMILES string of the molecule is O=C(CN(CCO)Cc1ccccc1)N1CCO[C@H]2CCCC[C@H]21. The van der Waals surface area contributed by atoms with Crippen LogP contribution in [0.5, 0.6) is 0 Å². The summed E-state index contributed by atoms with van der Waals surface area (Å²) in [5, 5.41) is 9.34. The van der Waals surface area contributed by atoms with Crippen LogP contribution in [0.25, 0.3) is 0 Å². The number of benzene rings is 1. The van der Waals surface area contributed by atoms with Gasteiger partial charge in [-0.1, -0.05) is 43.2 Å². The lowest BCUT2D eigenvalue weighted by Gasteiger charge is -2.44. The molecule has 1 aromatic rings. The van der Waals surface area contributed by atoms with E-state index in [-0.39, 0.29) is 24.7 Å². The molecule has 2 aliphatic rings. The van der Waals surface area contributed by atoms with Crippen LogP contribution >= 0.6 is 0 Å². The third-order valence-electron chi connectivity index (χ3n) is 5.08. The Labute approximate surface area is 144 Å². The van der Waals surface area contributed by atoms with E-state index >= 15 is 0 Å². The van der Waals surface area contributed by atoms with Crippen LogP contribution < -0.4 is 0 Å². The summed E-state index contributed by atoms with van der Waals surface area (Å²) in [5.41, 5.74) is 1.16. The highest BCUT2D eigenvalue weighted by atomic mass is 16.5. The van der Waals surface area contributed by atoms with Crippen LogP contribution in [0.3, 0.4) is 0 Å². The Hall–Kier alpha value is -1.43. The summed E-state index contributed by atoms with van der Waals surface area (Å²) in [5.74, 6) is 0.166. The molecule has 0 bridgehead atoms. The summed E-state index contributed by atoms with van der Waals surface area (Å²) in [6, 6.07) is 10.3. The number of nitrogens with zero attached hydrogens (tertiary/aromatic N) is 2. The van der Waals surface area contributed by atoms with Gasteiger partial charge in [0.05, 0.1) is 31.9 Å². The van der Waals surface area contributed by atoms with Gasteiger partial charge >= 0.3 is 0 Å². The summed E-state index contributed by atoms with van der Waals surface area (Å²) in [4.78, 5) is 16.9. The van der Waals surface area contributed by atoms with Crippen molar-refractivity contribution in [3.8, 4) is 0 Å². The zero-order chi connectivity index (χ0) is 16.8. The molecule has 1 aromatic carbocycles. The molecule has 0 unspecified atom stereocenters. The van der Waals surface area contributed by atoms with Crippen LogP contribution in [0, 0.1) is 0 Å². The Kier molecular flexibility index (Phi) is 6.24. The summed E-state index contributed by atoms with van der Waals surface area (Å²) >= 11 is 0. The molecule has 1 N–H and O–H groups in total. The Balaban J connectivity index is 1.62. The molecule has 2 fully saturated rings. The van der Waals surface area contributed by atoms with E-state index in [0.717, 1.165) is 18.4 Å². The highest BCUT2D eigenvalue weighted by Gasteiger charge is 2.36. The molecule has 0 radical (unpaired) electrons. The van der Waals surface area contributed by atoms with E-state index in [1.165, 1.54) is 12.8 Å². The number of aliphatic hydroxyl groups excluding tert-OH is 1. The molecular formula is C19H28N2O3. The monoisotopic (exact) mass is 332 g/mol. The number of aliphatic hydroxyl groups is 1. The average Bonchev–Trinajstić information content (AvgIpc) is 2.62. The smallest absolute Gasteiger partial charge is 0.237 e. The van der Waals surface area contributed by atoms with Crippen molar-refractivity contribution < 1.29 is 14.6 Å². The van der Waals surface area contributed by atoms with E-state index < -0.39 is 0 Å². The Morgan fingerprint density at radius 3 is 2.83 bits per heavy atom. The van der Waals surface area contributed by atoms with Crippen molar-refractivity contribution in [3.63, 3.8) is 0 Å². The number of carbonyl (C=O) groups is 1. The maximum atomic E-state index is 12.9. The van der Waals surface area contributed by atoms with Gasteiger partial charge in [-0.2, -0.15) is 0 Å². The number of ether oxygens (including phenoxy) is 1. The largest absolute Gasteiger partial charge is 0.395 e. The summed E-state index contributed by atoms with van der Waals surface area (Å²) < 4.78 is 5.86. The van der Waals surface area contributed by atoms with Crippen LogP contribution in [-0.2, 0) is 16.1 Å². The normalized spacial score (nSPS) is 24.0. The molecule has 0 spiro atoms. The van der Waals surface area contributed by atoms with Gasteiger partial charge in [0.2, 0.25) is 5.91 Å². The lowest BCUT2D eigenvalue weighted by Crippen LogP contribution is -2.56. The predicted octanol–water partition coefficient (Wildman–Crippen LogP) is 1.65. The Bertz CT molecular complexity index is 521. The molecule has 1 heterocycles. The molecule has 1 saturated carbocycles. The summed E-state index contributed by atoms with van der Waals surface area (Å²) in [6.45, 7) is 2.96. The minimum atomic E-state index is 0.0648. The zero-order valence-electron chi connectivity index (χ0n) is 14.3. The Morgan fingerprint density at radius 2 is 2.04 bits per heavy atom. The molecule has 1 aliphatic heterocycles. The molecule has 1 aliphatic carbocycles. The number of amides is 1. The standard InChI is InChI=1S/C19H28N2O3/c22-12-10-20(14-16-6-2-1-3-7-16)15-19(23)21-11-13-24-18-9-5-4-8-17(18)21/h1-3,6-7,17-18,22H,4-5,8-15H2/t17-,18+/m1/s1. The summed E-state index contributed by atoms with van der Waals surface area (Å²) in [6.07, 6.45) is 4.72. The maximum Gasteiger partial charge on any atom is 0.237 e. The predicted molar refractivity (Wildman–Crippen MR) is 92.5 cm³/mol. The van der Waals surface area contributed by atoms with Gasteiger partial charge in [0.25, 0.3) is 0 Å². The van der Waals surface area contributed by atoms with Crippen molar-refractivity contribution >= 4 is 5.91 Å². The quantitative estimate of drug-likeness (QED) is 0.861. The topological polar surface area (TPSA) is 53.0 Å². The van der Waals surface area contributed by atoms with Crippen LogP contribution in [0.2, 0.25) is 0 Å². The lowest BCUT2D eigenvalue weighted by atomic mass is 9.90. The molecule has 5 nitrogen and oxygen atoms in total. The highest BCUT2D eigenvalue weighted by molar-refractivity contribution is 5.78. The fraction of sp³-hybridized carbons (Fsp3) is 0.632. The van der Waals surface area contributed by atoms with E-state index in [4.69, 9.17) is 4.74 Å². The molecule has 1 amide bonds. The van der Waals surface area contributed by atoms with Gasteiger partial charge in [-0.15, -0.1) is 0 Å². The molecule has 5 heteroatoms. The number of hydrogen-bond donors (Lipinski definition) is 1. The number of morpholine rings is 1. The van der Waals surface area contributed by atoms with E-state index in [1.54, 1.807) is 0 Å². The minimum absolute atomic E-state index is 0.0648. The summed E-state index contributed by atoms with van der Waals surface area (Å²) in [7, 11) is 0. The van der Waals surface area contributed by atoms with Crippen LogP contribution in [0.1, 0.15) is 31.2 Å². The van der Waals surface area contributed by atoms with Crippen LogP contribution in [0.15, 0.2) is 30.3 Å². The lowest BCUT2D eigenvalue weighted by molar-refractivity contribution is -0.150. The van der Waals surface area contributed by atoms with Gasteiger partial charge in [0, 0.05) is 19.6 Å². The molecular weight excluding hydrogens is 304 g/mol. The fourth-order valence-corrected chi connectivity index (χ4v) is 3.89. The van der Waals surface area contributed by atoms with Crippen molar-refractivity contribution in [3.05, 3.63) is 35.9 Å². The first-order valence-corrected chi connectivity index (χ1v) is 9.06. The van der Waals surface area contributed by atoms with Gasteiger partial charge in [-0.3, -0.25) is 9.69 Å². The number of fused-ring (bicyclic) bond motifs is 1. The van der Waals surface area contributed by atoms with Crippen molar-refractivity contribution in [2.75, 3.05) is 32.8 Å². The highest BCUT2D eigenvalue weighted by Crippen LogP contribution is 2.28. The van der Waals surface area contributed by atoms with Crippen molar-refractivity contribution in [1.82, 2.24) is 9.80 Å². The van der Waals surface area contributed by atoms with Gasteiger partial charge in [0.1, 0.15) is 0 Å². The van der Waals surface area contributed by atoms with Crippen molar-refractivity contribution in [1.29, 1.82) is 0 Å². The maximum absolute atomic E-state index is 12.9. The molecule has 0 aromatic heterocycles. The third-order valence-corrected chi connectivity index (χ3v) is 5.08. The molecule has 24 heavy (non-hydrogen) atoms. The first-order chi connectivity index (χ1) is 11.8. The second-order valence-electron chi connectivity index (χ2n) is 6.77. The van der Waals surface area contributed by atoms with Gasteiger partial charge < -0.3 is 14.7 Å². The zero-order valence-corrected chi connectivity index (χ0v) is 14.3. The third kappa shape index (κ3) is 4.35. The first-order valence-electron chi connectivity index (χ1n) is 9.06.